The van der Waals surface area contributed by atoms with Crippen molar-refractivity contribution >= 4 is 28.9 Å². The van der Waals surface area contributed by atoms with Crippen LogP contribution in [0, 0.1) is 5.92 Å². The molecule has 1 amide bonds. The largest absolute Gasteiger partial charge is 0.319 e. The van der Waals surface area contributed by atoms with E-state index in [4.69, 9.17) is 12.2 Å². The Morgan fingerprint density at radius 3 is 2.55 bits per heavy atom. The monoisotopic (exact) mass is 290 g/mol. The fraction of sp³-hybridized carbons (Fsp3) is 0.500. The molecule has 20 heavy (non-hydrogen) atoms. The summed E-state index contributed by atoms with van der Waals surface area (Å²) in [7, 11) is 0. The highest BCUT2D eigenvalue weighted by Crippen LogP contribution is 2.27. The number of hydrogen-bond acceptors (Lipinski definition) is 2. The molecule has 1 N–H and O–H groups in total. The van der Waals surface area contributed by atoms with Crippen molar-refractivity contribution in [2.45, 2.75) is 39.0 Å². The fourth-order valence-electron chi connectivity index (χ4n) is 2.77. The summed E-state index contributed by atoms with van der Waals surface area (Å²) in [6.07, 6.45) is 5.47. The Labute approximate surface area is 126 Å². The normalized spacial score (nSPS) is 15.1. The molecule has 0 saturated heterocycles. The smallest absolute Gasteiger partial charge is 0.226 e. The van der Waals surface area contributed by atoms with Gasteiger partial charge in [-0.2, -0.15) is 0 Å². The van der Waals surface area contributed by atoms with Crippen LogP contribution in [-0.4, -0.2) is 17.6 Å². The summed E-state index contributed by atoms with van der Waals surface area (Å²) >= 11 is 5.37. The van der Waals surface area contributed by atoms with Gasteiger partial charge in [-0.05, 0) is 50.0 Å². The highest BCUT2D eigenvalue weighted by Gasteiger charge is 2.20. The lowest BCUT2D eigenvalue weighted by atomic mass is 10.0. The van der Waals surface area contributed by atoms with E-state index < -0.39 is 0 Å². The molecule has 0 aliphatic heterocycles. The molecule has 0 unspecified atom stereocenters. The molecule has 2 rings (SSSR count). The number of anilines is 1. The maximum absolute atomic E-state index is 12.0. The minimum atomic E-state index is 0.0521. The lowest BCUT2D eigenvalue weighted by Crippen LogP contribution is -2.43. The number of benzene rings is 1. The first-order chi connectivity index (χ1) is 9.70. The zero-order valence-corrected chi connectivity index (χ0v) is 12.8. The molecule has 108 valence electrons. The maximum Gasteiger partial charge on any atom is 0.226 e. The van der Waals surface area contributed by atoms with Crippen LogP contribution in [0.2, 0.25) is 0 Å². The molecule has 3 nitrogen and oxygen atoms in total. The number of para-hydroxylation sites is 1. The number of rotatable bonds is 4. The Morgan fingerprint density at radius 1 is 1.30 bits per heavy atom. The lowest BCUT2D eigenvalue weighted by molar-refractivity contribution is -0.120. The summed E-state index contributed by atoms with van der Waals surface area (Å²) in [6.45, 7) is 2.77. The number of carbonyl (C=O) groups is 1. The molecule has 0 heterocycles. The first-order valence-electron chi connectivity index (χ1n) is 7.37. The van der Waals surface area contributed by atoms with Gasteiger partial charge in [0, 0.05) is 18.7 Å². The second kappa shape index (κ2) is 7.39. The van der Waals surface area contributed by atoms with Crippen molar-refractivity contribution in [3.05, 3.63) is 30.3 Å². The van der Waals surface area contributed by atoms with Crippen molar-refractivity contribution in [2.24, 2.45) is 5.92 Å². The highest BCUT2D eigenvalue weighted by molar-refractivity contribution is 7.80. The van der Waals surface area contributed by atoms with E-state index in [0.717, 1.165) is 12.2 Å². The van der Waals surface area contributed by atoms with Crippen molar-refractivity contribution in [3.63, 3.8) is 0 Å². The van der Waals surface area contributed by atoms with Crippen molar-refractivity contribution < 1.29 is 4.79 Å². The molecule has 1 fully saturated rings. The SMILES string of the molecule is CCN(C(=S)NC(=O)CC1CCCC1)c1ccccc1. The van der Waals surface area contributed by atoms with Crippen LogP contribution in [0.5, 0.6) is 0 Å². The van der Waals surface area contributed by atoms with E-state index in [9.17, 15) is 4.79 Å². The van der Waals surface area contributed by atoms with Crippen LogP contribution < -0.4 is 10.2 Å². The fourth-order valence-corrected chi connectivity index (χ4v) is 3.11. The van der Waals surface area contributed by atoms with Crippen LogP contribution in [0.1, 0.15) is 39.0 Å². The van der Waals surface area contributed by atoms with Crippen molar-refractivity contribution in [2.75, 3.05) is 11.4 Å². The molecule has 0 spiro atoms. The van der Waals surface area contributed by atoms with E-state index in [2.05, 4.69) is 5.32 Å². The van der Waals surface area contributed by atoms with Crippen LogP contribution in [-0.2, 0) is 4.79 Å². The quantitative estimate of drug-likeness (QED) is 0.862. The molecule has 1 aromatic rings. The van der Waals surface area contributed by atoms with Gasteiger partial charge in [0.15, 0.2) is 5.11 Å². The molecule has 1 aliphatic carbocycles. The molecule has 0 bridgehead atoms. The Hall–Kier alpha value is -1.42. The number of thiocarbonyl (C=S) groups is 1. The van der Waals surface area contributed by atoms with Gasteiger partial charge in [-0.15, -0.1) is 0 Å². The molecule has 4 heteroatoms. The zero-order chi connectivity index (χ0) is 14.4. The standard InChI is InChI=1S/C16H22N2OS/c1-2-18(14-10-4-3-5-11-14)16(20)17-15(19)12-13-8-6-7-9-13/h3-5,10-11,13H,2,6-9,12H2,1H3,(H,17,19,20). The van der Waals surface area contributed by atoms with Crippen molar-refractivity contribution in [3.8, 4) is 0 Å². The summed E-state index contributed by atoms with van der Waals surface area (Å²) < 4.78 is 0. The summed E-state index contributed by atoms with van der Waals surface area (Å²) in [4.78, 5) is 14.0. The number of amides is 1. The van der Waals surface area contributed by atoms with Crippen molar-refractivity contribution in [1.82, 2.24) is 5.32 Å². The van der Waals surface area contributed by atoms with Crippen LogP contribution in [0.4, 0.5) is 5.69 Å². The number of hydrogen-bond donors (Lipinski definition) is 1. The molecule has 0 aromatic heterocycles. The number of nitrogens with zero attached hydrogens (tertiary/aromatic N) is 1. The topological polar surface area (TPSA) is 32.3 Å². The molecule has 1 aliphatic rings. The highest BCUT2D eigenvalue weighted by atomic mass is 32.1. The summed E-state index contributed by atoms with van der Waals surface area (Å²) in [5.41, 5.74) is 1.01. The van der Waals surface area contributed by atoms with E-state index in [1.165, 1.54) is 25.7 Å². The third-order valence-corrected chi connectivity index (χ3v) is 4.15. The van der Waals surface area contributed by atoms with E-state index in [1.54, 1.807) is 0 Å². The van der Waals surface area contributed by atoms with Gasteiger partial charge in [0.05, 0.1) is 0 Å². The predicted octanol–water partition coefficient (Wildman–Crippen LogP) is 3.49. The Morgan fingerprint density at radius 2 is 1.95 bits per heavy atom. The van der Waals surface area contributed by atoms with Gasteiger partial charge < -0.3 is 10.2 Å². The number of carbonyl (C=O) groups excluding carboxylic acids is 1. The second-order valence-electron chi connectivity index (χ2n) is 5.29. The molecule has 1 aromatic carbocycles. The van der Waals surface area contributed by atoms with Crippen LogP contribution in [0.15, 0.2) is 30.3 Å². The second-order valence-corrected chi connectivity index (χ2v) is 5.67. The first kappa shape index (κ1) is 15.0. The van der Waals surface area contributed by atoms with Crippen LogP contribution in [0.25, 0.3) is 0 Å². The summed E-state index contributed by atoms with van der Waals surface area (Å²) in [5.74, 6) is 0.598. The van der Waals surface area contributed by atoms with Gasteiger partial charge in [-0.25, -0.2) is 0 Å². The molecular weight excluding hydrogens is 268 g/mol. The van der Waals surface area contributed by atoms with Gasteiger partial charge in [0.1, 0.15) is 0 Å². The van der Waals surface area contributed by atoms with Gasteiger partial charge in [0.25, 0.3) is 0 Å². The Balaban J connectivity index is 1.90. The Kier molecular flexibility index (Phi) is 5.53. The number of nitrogens with one attached hydrogen (secondary N) is 1. The van der Waals surface area contributed by atoms with Crippen LogP contribution in [0.3, 0.4) is 0 Å². The molecule has 0 radical (unpaired) electrons. The first-order valence-corrected chi connectivity index (χ1v) is 7.78. The third kappa shape index (κ3) is 4.04. The van der Waals surface area contributed by atoms with Gasteiger partial charge >= 0.3 is 0 Å². The van der Waals surface area contributed by atoms with E-state index in [1.807, 2.05) is 42.2 Å². The average Bonchev–Trinajstić information content (AvgIpc) is 2.93. The van der Waals surface area contributed by atoms with Gasteiger partial charge in [-0.3, -0.25) is 4.79 Å². The summed E-state index contributed by atoms with van der Waals surface area (Å²) in [5, 5.41) is 3.38. The van der Waals surface area contributed by atoms with Gasteiger partial charge in [-0.1, -0.05) is 31.0 Å². The molecule has 1 saturated carbocycles. The van der Waals surface area contributed by atoms with Gasteiger partial charge in [0.2, 0.25) is 5.91 Å². The van der Waals surface area contributed by atoms with E-state index in [-0.39, 0.29) is 5.91 Å². The Bertz CT molecular complexity index is 455. The minimum Gasteiger partial charge on any atom is -0.319 e. The van der Waals surface area contributed by atoms with E-state index >= 15 is 0 Å². The maximum atomic E-state index is 12.0. The third-order valence-electron chi connectivity index (χ3n) is 3.82. The minimum absolute atomic E-state index is 0.0521. The molecular formula is C16H22N2OS. The average molecular weight is 290 g/mol. The van der Waals surface area contributed by atoms with E-state index in [0.29, 0.717) is 17.5 Å². The predicted molar refractivity (Wildman–Crippen MR) is 86.8 cm³/mol. The lowest BCUT2D eigenvalue weighted by Gasteiger charge is -2.24. The zero-order valence-electron chi connectivity index (χ0n) is 12.0. The van der Waals surface area contributed by atoms with Crippen molar-refractivity contribution in [1.29, 1.82) is 0 Å². The molecule has 0 atom stereocenters. The summed E-state index contributed by atoms with van der Waals surface area (Å²) in [6, 6.07) is 9.92. The van der Waals surface area contributed by atoms with Crippen LogP contribution >= 0.6 is 12.2 Å².